The number of nitriles is 1. The highest BCUT2D eigenvalue weighted by Crippen LogP contribution is 2.17. The summed E-state index contributed by atoms with van der Waals surface area (Å²) in [6.07, 6.45) is 0. The number of carbonyl (C=O) groups is 1. The van der Waals surface area contributed by atoms with E-state index >= 15 is 0 Å². The molecule has 0 unspecified atom stereocenters. The van der Waals surface area contributed by atoms with Gasteiger partial charge in [0.1, 0.15) is 6.54 Å². The molecule has 1 amide bonds. The van der Waals surface area contributed by atoms with Crippen LogP contribution in [-0.4, -0.2) is 26.1 Å². The second-order valence-corrected chi connectivity index (χ2v) is 5.20. The molecule has 118 valence electrons. The van der Waals surface area contributed by atoms with Crippen molar-refractivity contribution in [1.82, 2.24) is 20.2 Å². The van der Waals surface area contributed by atoms with Crippen LogP contribution in [0.25, 0.3) is 11.4 Å². The summed E-state index contributed by atoms with van der Waals surface area (Å²) in [5.41, 5.74) is 3.07. The predicted octanol–water partition coefficient (Wildman–Crippen LogP) is 2.16. The Kier molecular flexibility index (Phi) is 4.29. The highest BCUT2D eigenvalue weighted by molar-refractivity contribution is 5.90. The number of nitrogens with one attached hydrogen (secondary N) is 1. The first-order valence-corrected chi connectivity index (χ1v) is 7.29. The number of carbonyl (C=O) groups excluding carboxylic acids is 1. The minimum atomic E-state index is -0.270. The lowest BCUT2D eigenvalue weighted by Crippen LogP contribution is -2.20. The lowest BCUT2D eigenvalue weighted by Gasteiger charge is -2.04. The van der Waals surface area contributed by atoms with Gasteiger partial charge in [0.25, 0.3) is 0 Å². The lowest BCUT2D eigenvalue weighted by atomic mass is 10.1. The molecule has 1 heterocycles. The van der Waals surface area contributed by atoms with E-state index in [2.05, 4.69) is 20.7 Å². The number of hydrogen-bond donors (Lipinski definition) is 1. The molecule has 1 aromatic heterocycles. The molecule has 0 saturated heterocycles. The number of aromatic nitrogens is 4. The maximum atomic E-state index is 12.0. The Balaban J connectivity index is 1.67. The van der Waals surface area contributed by atoms with Crippen molar-refractivity contribution < 1.29 is 4.79 Å². The van der Waals surface area contributed by atoms with Gasteiger partial charge in [0.05, 0.1) is 11.6 Å². The summed E-state index contributed by atoms with van der Waals surface area (Å²) in [5, 5.41) is 23.6. The summed E-state index contributed by atoms with van der Waals surface area (Å²) in [6, 6.07) is 16.4. The van der Waals surface area contributed by atoms with Crippen LogP contribution in [-0.2, 0) is 11.3 Å². The smallest absolute Gasteiger partial charge is 0.248 e. The van der Waals surface area contributed by atoms with Gasteiger partial charge in [-0.3, -0.25) is 4.79 Å². The van der Waals surface area contributed by atoms with Crippen molar-refractivity contribution in [2.24, 2.45) is 0 Å². The van der Waals surface area contributed by atoms with E-state index in [1.807, 2.05) is 37.3 Å². The Labute approximate surface area is 138 Å². The van der Waals surface area contributed by atoms with E-state index in [1.54, 1.807) is 24.3 Å². The summed E-state index contributed by atoms with van der Waals surface area (Å²) in [6.45, 7) is 1.92. The predicted molar refractivity (Wildman–Crippen MR) is 87.8 cm³/mol. The fraction of sp³-hybridized carbons (Fsp3) is 0.118. The van der Waals surface area contributed by atoms with Gasteiger partial charge in [0.15, 0.2) is 0 Å². The molecule has 0 aliphatic carbocycles. The summed E-state index contributed by atoms with van der Waals surface area (Å²) >= 11 is 0. The van der Waals surface area contributed by atoms with Crippen molar-refractivity contribution in [3.05, 3.63) is 59.7 Å². The zero-order valence-electron chi connectivity index (χ0n) is 13.0. The van der Waals surface area contributed by atoms with E-state index in [0.717, 1.165) is 11.1 Å². The molecule has 0 fully saturated rings. The number of aryl methyl sites for hydroxylation is 1. The molecular weight excluding hydrogens is 304 g/mol. The third-order valence-electron chi connectivity index (χ3n) is 3.42. The maximum absolute atomic E-state index is 12.0. The van der Waals surface area contributed by atoms with Crippen LogP contribution in [0, 0.1) is 18.3 Å². The van der Waals surface area contributed by atoms with Crippen LogP contribution in [0.3, 0.4) is 0 Å². The highest BCUT2D eigenvalue weighted by Gasteiger charge is 2.11. The molecule has 0 atom stereocenters. The number of benzene rings is 2. The molecule has 2 aromatic carbocycles. The monoisotopic (exact) mass is 318 g/mol. The molecule has 3 rings (SSSR count). The largest absolute Gasteiger partial charge is 0.324 e. The van der Waals surface area contributed by atoms with Crippen LogP contribution in [0.4, 0.5) is 5.69 Å². The SMILES string of the molecule is Cc1ccccc1-c1nnn(CC(=O)Nc2ccc(C#N)cc2)n1. The van der Waals surface area contributed by atoms with Crippen LogP contribution >= 0.6 is 0 Å². The number of anilines is 1. The molecule has 0 aliphatic heterocycles. The van der Waals surface area contributed by atoms with Crippen molar-refractivity contribution in [2.45, 2.75) is 13.5 Å². The first-order valence-electron chi connectivity index (χ1n) is 7.29. The number of nitrogens with zero attached hydrogens (tertiary/aromatic N) is 5. The van der Waals surface area contributed by atoms with Gasteiger partial charge in [-0.15, -0.1) is 10.2 Å². The molecular formula is C17H14N6O. The number of amides is 1. The normalized spacial score (nSPS) is 10.2. The number of tetrazole rings is 1. The molecule has 1 N–H and O–H groups in total. The van der Waals surface area contributed by atoms with Crippen LogP contribution in [0.5, 0.6) is 0 Å². The summed E-state index contributed by atoms with van der Waals surface area (Å²) < 4.78 is 0. The second kappa shape index (κ2) is 6.71. The van der Waals surface area contributed by atoms with Crippen molar-refractivity contribution in [3.8, 4) is 17.5 Å². The first kappa shape index (κ1) is 15.4. The summed E-state index contributed by atoms with van der Waals surface area (Å²) in [7, 11) is 0. The van der Waals surface area contributed by atoms with Gasteiger partial charge in [-0.05, 0) is 42.0 Å². The molecule has 0 aliphatic rings. The standard InChI is InChI=1S/C17H14N6O/c1-12-4-2-3-5-15(12)17-20-22-23(21-17)11-16(24)19-14-8-6-13(10-18)7-9-14/h2-9H,11H2,1H3,(H,19,24). The van der Waals surface area contributed by atoms with Crippen LogP contribution < -0.4 is 5.32 Å². The van der Waals surface area contributed by atoms with Gasteiger partial charge in [-0.2, -0.15) is 10.1 Å². The second-order valence-electron chi connectivity index (χ2n) is 5.20. The van der Waals surface area contributed by atoms with Gasteiger partial charge in [-0.25, -0.2) is 0 Å². The van der Waals surface area contributed by atoms with E-state index in [0.29, 0.717) is 17.1 Å². The van der Waals surface area contributed by atoms with Gasteiger partial charge >= 0.3 is 0 Å². The average molecular weight is 318 g/mol. The quantitative estimate of drug-likeness (QED) is 0.795. The Morgan fingerprint density at radius 3 is 2.67 bits per heavy atom. The van der Waals surface area contributed by atoms with Crippen molar-refractivity contribution in [3.63, 3.8) is 0 Å². The topological polar surface area (TPSA) is 96.5 Å². The third-order valence-corrected chi connectivity index (χ3v) is 3.42. The van der Waals surface area contributed by atoms with Crippen molar-refractivity contribution in [2.75, 3.05) is 5.32 Å². The molecule has 0 bridgehead atoms. The highest BCUT2D eigenvalue weighted by atomic mass is 16.2. The minimum absolute atomic E-state index is 0.0428. The summed E-state index contributed by atoms with van der Waals surface area (Å²) in [4.78, 5) is 13.3. The fourth-order valence-corrected chi connectivity index (χ4v) is 2.20. The van der Waals surface area contributed by atoms with Crippen molar-refractivity contribution >= 4 is 11.6 Å². The average Bonchev–Trinajstić information content (AvgIpc) is 3.04. The van der Waals surface area contributed by atoms with Crippen molar-refractivity contribution in [1.29, 1.82) is 5.26 Å². The maximum Gasteiger partial charge on any atom is 0.248 e. The first-order chi connectivity index (χ1) is 11.7. The zero-order valence-corrected chi connectivity index (χ0v) is 13.0. The number of hydrogen-bond acceptors (Lipinski definition) is 5. The Morgan fingerprint density at radius 1 is 1.21 bits per heavy atom. The van der Waals surface area contributed by atoms with Crippen LogP contribution in [0.15, 0.2) is 48.5 Å². The third kappa shape index (κ3) is 3.44. The molecule has 0 radical (unpaired) electrons. The van der Waals surface area contributed by atoms with Crippen LogP contribution in [0.2, 0.25) is 0 Å². The Hall–Kier alpha value is -3.53. The van der Waals surface area contributed by atoms with E-state index in [-0.39, 0.29) is 12.5 Å². The summed E-state index contributed by atoms with van der Waals surface area (Å²) in [5.74, 6) is 0.215. The van der Waals surface area contributed by atoms with E-state index in [9.17, 15) is 4.79 Å². The molecule has 7 nitrogen and oxygen atoms in total. The lowest BCUT2D eigenvalue weighted by molar-refractivity contribution is -0.117. The molecule has 7 heteroatoms. The van der Waals surface area contributed by atoms with Gasteiger partial charge in [0.2, 0.25) is 11.7 Å². The van der Waals surface area contributed by atoms with E-state index in [1.165, 1.54) is 4.80 Å². The van der Waals surface area contributed by atoms with E-state index in [4.69, 9.17) is 5.26 Å². The molecule has 0 saturated carbocycles. The zero-order chi connectivity index (χ0) is 16.9. The van der Waals surface area contributed by atoms with Gasteiger partial charge in [0, 0.05) is 11.3 Å². The number of rotatable bonds is 4. The van der Waals surface area contributed by atoms with E-state index < -0.39 is 0 Å². The van der Waals surface area contributed by atoms with Gasteiger partial charge in [-0.1, -0.05) is 24.3 Å². The fourth-order valence-electron chi connectivity index (χ4n) is 2.20. The minimum Gasteiger partial charge on any atom is -0.324 e. The van der Waals surface area contributed by atoms with Crippen LogP contribution in [0.1, 0.15) is 11.1 Å². The van der Waals surface area contributed by atoms with Gasteiger partial charge < -0.3 is 5.32 Å². The molecule has 24 heavy (non-hydrogen) atoms. The Morgan fingerprint density at radius 2 is 1.96 bits per heavy atom. The molecule has 0 spiro atoms. The molecule has 3 aromatic rings. The Bertz CT molecular complexity index is 907.